The molecule has 0 aliphatic heterocycles. The summed E-state index contributed by atoms with van der Waals surface area (Å²) in [7, 11) is 4.01. The van der Waals surface area contributed by atoms with E-state index in [9.17, 15) is 10.1 Å². The summed E-state index contributed by atoms with van der Waals surface area (Å²) >= 11 is 3.30. The van der Waals surface area contributed by atoms with E-state index < -0.39 is 0 Å². The first-order valence-corrected chi connectivity index (χ1v) is 10.7. The predicted octanol–water partition coefficient (Wildman–Crippen LogP) is 3.96. The molecule has 1 aromatic heterocycles. The quantitative estimate of drug-likeness (QED) is 0.342. The third-order valence-electron chi connectivity index (χ3n) is 4.82. The van der Waals surface area contributed by atoms with Crippen LogP contribution in [-0.2, 0) is 4.79 Å². The van der Waals surface area contributed by atoms with Crippen molar-refractivity contribution in [2.45, 2.75) is 18.9 Å². The Labute approximate surface area is 185 Å². The number of likely N-dealkylation sites (N-methyl/N-ethyl adjacent to an activating group) is 1. The molecule has 0 radical (unpaired) electrons. The normalized spacial score (nSPS) is 14.8. The van der Waals surface area contributed by atoms with E-state index in [1.165, 1.54) is 6.08 Å². The lowest BCUT2D eigenvalue weighted by molar-refractivity contribution is -0.117. The molecule has 1 aliphatic carbocycles. The highest BCUT2D eigenvalue weighted by Gasteiger charge is 2.34. The van der Waals surface area contributed by atoms with Gasteiger partial charge in [-0.2, -0.15) is 5.26 Å². The van der Waals surface area contributed by atoms with Crippen LogP contribution in [0, 0.1) is 17.2 Å². The summed E-state index contributed by atoms with van der Waals surface area (Å²) in [6.07, 6.45) is 3.63. The summed E-state index contributed by atoms with van der Waals surface area (Å²) in [6.45, 7) is 1.47. The number of carbonyl (C=O) groups excluding carboxylic acids is 1. The van der Waals surface area contributed by atoms with Crippen LogP contribution in [0.4, 0.5) is 0 Å². The van der Waals surface area contributed by atoms with Crippen molar-refractivity contribution in [3.8, 4) is 11.8 Å². The second-order valence-corrected chi connectivity index (χ2v) is 8.38. The number of hydrogen-bond donors (Lipinski definition) is 1. The van der Waals surface area contributed by atoms with Crippen molar-refractivity contribution in [2.75, 3.05) is 27.2 Å². The van der Waals surface area contributed by atoms with Gasteiger partial charge in [-0.15, -0.1) is 0 Å². The van der Waals surface area contributed by atoms with Crippen molar-refractivity contribution in [3.63, 3.8) is 0 Å². The van der Waals surface area contributed by atoms with Crippen molar-refractivity contribution >= 4 is 27.9 Å². The Bertz CT molecular complexity index is 946. The fourth-order valence-corrected chi connectivity index (χ4v) is 3.40. The van der Waals surface area contributed by atoms with E-state index >= 15 is 0 Å². The molecule has 2 aromatic rings. The molecule has 30 heavy (non-hydrogen) atoms. The van der Waals surface area contributed by atoms with Crippen LogP contribution in [0.2, 0.25) is 0 Å². The summed E-state index contributed by atoms with van der Waals surface area (Å²) in [6, 6.07) is 15.1. The number of carbonyl (C=O) groups is 1. The first-order valence-electron chi connectivity index (χ1n) is 9.89. The van der Waals surface area contributed by atoms with Gasteiger partial charge in [0.25, 0.3) is 5.91 Å². The first kappa shape index (κ1) is 22.0. The van der Waals surface area contributed by atoms with Crippen LogP contribution in [0.15, 0.2) is 52.6 Å². The van der Waals surface area contributed by atoms with E-state index in [2.05, 4.69) is 31.1 Å². The van der Waals surface area contributed by atoms with Gasteiger partial charge in [0.1, 0.15) is 28.6 Å². The van der Waals surface area contributed by atoms with Crippen molar-refractivity contribution in [1.29, 1.82) is 5.26 Å². The van der Waals surface area contributed by atoms with Crippen LogP contribution in [0.1, 0.15) is 30.1 Å². The Morgan fingerprint density at radius 1 is 1.33 bits per heavy atom. The standard InChI is InChI=1S/C23H25BrN4O2/c1-28(2)12-13-30-20-10-8-17(9-11-20)22(16-6-7-16)27-23(29)18(15-25)14-19-4-3-5-21(24)26-19/h3-5,8-11,14,16,22H,6-7,12-13H2,1-2H3,(H,27,29)/b18-14+. The monoisotopic (exact) mass is 468 g/mol. The Morgan fingerprint density at radius 2 is 2.07 bits per heavy atom. The molecule has 1 heterocycles. The van der Waals surface area contributed by atoms with Crippen LogP contribution in [0.3, 0.4) is 0 Å². The molecule has 0 spiro atoms. The second kappa shape index (κ2) is 10.4. The minimum Gasteiger partial charge on any atom is -0.492 e. The molecule has 1 amide bonds. The van der Waals surface area contributed by atoms with Crippen molar-refractivity contribution in [1.82, 2.24) is 15.2 Å². The summed E-state index contributed by atoms with van der Waals surface area (Å²) in [4.78, 5) is 19.1. The number of hydrogen-bond acceptors (Lipinski definition) is 5. The summed E-state index contributed by atoms with van der Waals surface area (Å²) in [5.74, 6) is 0.806. The summed E-state index contributed by atoms with van der Waals surface area (Å²) in [5, 5.41) is 12.5. The highest BCUT2D eigenvalue weighted by molar-refractivity contribution is 9.10. The number of rotatable bonds is 9. The molecule has 1 atom stereocenters. The van der Waals surface area contributed by atoms with Crippen molar-refractivity contribution < 1.29 is 9.53 Å². The number of ether oxygens (including phenoxy) is 1. The summed E-state index contributed by atoms with van der Waals surface area (Å²) < 4.78 is 6.40. The largest absolute Gasteiger partial charge is 0.492 e. The van der Waals surface area contributed by atoms with Crippen LogP contribution in [0.25, 0.3) is 6.08 Å². The molecule has 3 rings (SSSR count). The number of amides is 1. The van der Waals surface area contributed by atoms with E-state index in [1.54, 1.807) is 12.1 Å². The number of pyridine rings is 1. The topological polar surface area (TPSA) is 78.2 Å². The van der Waals surface area contributed by atoms with Crippen molar-refractivity contribution in [3.05, 3.63) is 63.9 Å². The number of nitriles is 1. The Balaban J connectivity index is 1.69. The maximum atomic E-state index is 12.8. The number of halogens is 1. The molecule has 1 unspecified atom stereocenters. The number of nitrogens with one attached hydrogen (secondary N) is 1. The third-order valence-corrected chi connectivity index (χ3v) is 5.26. The van der Waals surface area contributed by atoms with Gasteiger partial charge >= 0.3 is 0 Å². The van der Waals surface area contributed by atoms with Gasteiger partial charge in [0.2, 0.25) is 0 Å². The van der Waals surface area contributed by atoms with Gasteiger partial charge in [-0.25, -0.2) is 4.98 Å². The van der Waals surface area contributed by atoms with Gasteiger partial charge in [-0.05, 0) is 84.7 Å². The van der Waals surface area contributed by atoms with Gasteiger partial charge in [0.15, 0.2) is 0 Å². The molecule has 7 heteroatoms. The lowest BCUT2D eigenvalue weighted by atomic mass is 10.0. The molecule has 1 N–H and O–H groups in total. The van der Waals surface area contributed by atoms with Crippen LogP contribution >= 0.6 is 15.9 Å². The first-order chi connectivity index (χ1) is 14.5. The molecular formula is C23H25BrN4O2. The molecule has 0 bridgehead atoms. The fraction of sp³-hybridized carbons (Fsp3) is 0.348. The highest BCUT2D eigenvalue weighted by atomic mass is 79.9. The van der Waals surface area contributed by atoms with E-state index in [0.29, 0.717) is 22.8 Å². The van der Waals surface area contributed by atoms with Crippen molar-refractivity contribution in [2.24, 2.45) is 5.92 Å². The second-order valence-electron chi connectivity index (χ2n) is 7.56. The maximum Gasteiger partial charge on any atom is 0.262 e. The molecule has 6 nitrogen and oxygen atoms in total. The Morgan fingerprint density at radius 3 is 2.67 bits per heavy atom. The molecule has 1 aliphatic rings. The smallest absolute Gasteiger partial charge is 0.262 e. The molecule has 1 saturated carbocycles. The summed E-state index contributed by atoms with van der Waals surface area (Å²) in [5.41, 5.74) is 1.61. The zero-order valence-corrected chi connectivity index (χ0v) is 18.7. The van der Waals surface area contributed by atoms with Crippen LogP contribution < -0.4 is 10.1 Å². The SMILES string of the molecule is CN(C)CCOc1ccc(C(NC(=O)/C(C#N)=C/c2cccc(Br)n2)C2CC2)cc1. The van der Waals surface area contributed by atoms with E-state index in [-0.39, 0.29) is 17.5 Å². The van der Waals surface area contributed by atoms with Crippen LogP contribution in [-0.4, -0.2) is 43.0 Å². The number of nitrogens with zero attached hydrogens (tertiary/aromatic N) is 3. The zero-order chi connectivity index (χ0) is 21.5. The number of aromatic nitrogens is 1. The molecule has 1 fully saturated rings. The average molecular weight is 469 g/mol. The van der Waals surface area contributed by atoms with Gasteiger partial charge < -0.3 is 15.0 Å². The Kier molecular flexibility index (Phi) is 7.61. The average Bonchev–Trinajstić information content (AvgIpc) is 3.56. The Hall–Kier alpha value is -2.69. The minimum atomic E-state index is -0.387. The molecule has 0 saturated heterocycles. The molecule has 1 aromatic carbocycles. The fourth-order valence-electron chi connectivity index (χ4n) is 3.04. The molecular weight excluding hydrogens is 444 g/mol. The minimum absolute atomic E-state index is 0.0369. The van der Waals surface area contributed by atoms with Gasteiger partial charge in [0.05, 0.1) is 11.7 Å². The van der Waals surface area contributed by atoms with E-state index in [4.69, 9.17) is 4.74 Å². The van der Waals surface area contributed by atoms with E-state index in [0.717, 1.165) is 30.7 Å². The lowest BCUT2D eigenvalue weighted by Crippen LogP contribution is -2.30. The predicted molar refractivity (Wildman–Crippen MR) is 120 cm³/mol. The van der Waals surface area contributed by atoms with Crippen LogP contribution in [0.5, 0.6) is 5.75 Å². The molecule has 156 valence electrons. The van der Waals surface area contributed by atoms with Gasteiger partial charge in [-0.1, -0.05) is 18.2 Å². The lowest BCUT2D eigenvalue weighted by Gasteiger charge is -2.19. The maximum absolute atomic E-state index is 12.8. The van der Waals surface area contributed by atoms with Gasteiger partial charge in [-0.3, -0.25) is 4.79 Å². The highest BCUT2D eigenvalue weighted by Crippen LogP contribution is 2.41. The zero-order valence-electron chi connectivity index (χ0n) is 17.1. The van der Waals surface area contributed by atoms with Gasteiger partial charge in [0, 0.05) is 6.54 Å². The number of benzene rings is 1. The third kappa shape index (κ3) is 6.41. The van der Waals surface area contributed by atoms with E-state index in [1.807, 2.05) is 50.5 Å².